The Hall–Kier alpha value is -1.74. The van der Waals surface area contributed by atoms with Crippen molar-refractivity contribution in [1.82, 2.24) is 9.80 Å². The normalized spacial score (nSPS) is 20.3. The van der Waals surface area contributed by atoms with Gasteiger partial charge in [-0.2, -0.15) is 8.78 Å². The molecule has 1 aliphatic heterocycles. The Morgan fingerprint density at radius 2 is 1.88 bits per heavy atom. The number of carbonyl (C=O) groups is 1. The van der Waals surface area contributed by atoms with E-state index in [4.69, 9.17) is 0 Å². The molecule has 1 fully saturated rings. The molecule has 0 radical (unpaired) electrons. The molecule has 1 heterocycles. The summed E-state index contributed by atoms with van der Waals surface area (Å²) in [5, 5.41) is 0. The highest BCUT2D eigenvalue weighted by atomic mass is 32.2. The minimum Gasteiger partial charge on any atom is -0.435 e. The number of likely N-dealkylation sites (N-methyl/N-ethyl adjacent to an activating group) is 2. The molecule has 0 aliphatic carbocycles. The molecular formula is C17H24F2N2O4S. The number of alkyl halides is 2. The van der Waals surface area contributed by atoms with E-state index in [0.717, 1.165) is 5.56 Å². The number of carbonyl (C=O) groups excluding carboxylic acids is 1. The molecule has 1 aromatic rings. The Labute approximate surface area is 152 Å². The van der Waals surface area contributed by atoms with Crippen molar-refractivity contribution in [2.45, 2.75) is 38.6 Å². The third-order valence-electron chi connectivity index (χ3n) is 4.70. The van der Waals surface area contributed by atoms with Gasteiger partial charge in [0.25, 0.3) is 0 Å². The standard InChI is InChI=1S/C17H24F2N2O4S/c1-12(16(22)21(3)14-8-9-26(23,24)11-14)20(2)10-13-4-6-15(7-5-13)25-17(18)19/h4-7,12,14,17H,8-11H2,1-3H3/t12-,14+/m1/s1. The number of nitrogens with zero attached hydrogens (tertiary/aromatic N) is 2. The van der Waals surface area contributed by atoms with Gasteiger partial charge in [0.2, 0.25) is 5.91 Å². The monoisotopic (exact) mass is 390 g/mol. The maximum atomic E-state index is 12.6. The number of rotatable bonds is 7. The van der Waals surface area contributed by atoms with E-state index in [1.54, 1.807) is 33.2 Å². The fourth-order valence-electron chi connectivity index (χ4n) is 2.95. The molecule has 26 heavy (non-hydrogen) atoms. The molecule has 1 aromatic carbocycles. The molecule has 0 bridgehead atoms. The third kappa shape index (κ3) is 5.38. The first-order valence-electron chi connectivity index (χ1n) is 8.30. The average Bonchev–Trinajstić information content (AvgIpc) is 2.94. The molecule has 146 valence electrons. The van der Waals surface area contributed by atoms with Crippen LogP contribution in [0.1, 0.15) is 18.9 Å². The van der Waals surface area contributed by atoms with Crippen molar-refractivity contribution in [3.63, 3.8) is 0 Å². The Balaban J connectivity index is 1.93. The molecule has 1 saturated heterocycles. The van der Waals surface area contributed by atoms with Crippen LogP contribution in [-0.4, -0.2) is 68.4 Å². The number of ether oxygens (including phenoxy) is 1. The van der Waals surface area contributed by atoms with Crippen LogP contribution in [0.25, 0.3) is 0 Å². The average molecular weight is 390 g/mol. The topological polar surface area (TPSA) is 66.9 Å². The van der Waals surface area contributed by atoms with Crippen molar-refractivity contribution in [2.24, 2.45) is 0 Å². The van der Waals surface area contributed by atoms with Gasteiger partial charge in [0.1, 0.15) is 5.75 Å². The predicted octanol–water partition coefficient (Wildman–Crippen LogP) is 1.75. The molecule has 2 rings (SSSR count). The van der Waals surface area contributed by atoms with Crippen molar-refractivity contribution in [3.05, 3.63) is 29.8 Å². The van der Waals surface area contributed by atoms with Gasteiger partial charge < -0.3 is 9.64 Å². The van der Waals surface area contributed by atoms with Gasteiger partial charge >= 0.3 is 6.61 Å². The quantitative estimate of drug-likeness (QED) is 0.710. The summed E-state index contributed by atoms with van der Waals surface area (Å²) in [6.45, 7) is -0.661. The zero-order valence-corrected chi connectivity index (χ0v) is 15.9. The summed E-state index contributed by atoms with van der Waals surface area (Å²) in [5.74, 6) is 0.0639. The largest absolute Gasteiger partial charge is 0.435 e. The Morgan fingerprint density at radius 1 is 1.27 bits per heavy atom. The van der Waals surface area contributed by atoms with Crippen molar-refractivity contribution in [1.29, 1.82) is 0 Å². The maximum Gasteiger partial charge on any atom is 0.387 e. The molecule has 1 aliphatic rings. The van der Waals surface area contributed by atoms with Crippen LogP contribution in [0, 0.1) is 0 Å². The van der Waals surface area contributed by atoms with Crippen LogP contribution in [-0.2, 0) is 21.2 Å². The Bertz CT molecular complexity index is 725. The van der Waals surface area contributed by atoms with Gasteiger partial charge in [0, 0.05) is 19.6 Å². The molecule has 9 heteroatoms. The third-order valence-corrected chi connectivity index (χ3v) is 6.45. The second-order valence-electron chi connectivity index (χ2n) is 6.62. The second-order valence-corrected chi connectivity index (χ2v) is 8.85. The Kier molecular flexibility index (Phi) is 6.57. The van der Waals surface area contributed by atoms with Crippen LogP contribution in [0.5, 0.6) is 5.75 Å². The van der Waals surface area contributed by atoms with Crippen LogP contribution >= 0.6 is 0 Å². The van der Waals surface area contributed by atoms with E-state index in [-0.39, 0.29) is 29.2 Å². The van der Waals surface area contributed by atoms with Crippen molar-refractivity contribution < 1.29 is 26.7 Å². The first-order chi connectivity index (χ1) is 12.1. The van der Waals surface area contributed by atoms with Gasteiger partial charge in [-0.3, -0.25) is 9.69 Å². The number of hydrogen-bond donors (Lipinski definition) is 0. The lowest BCUT2D eigenvalue weighted by molar-refractivity contribution is -0.136. The van der Waals surface area contributed by atoms with Crippen LogP contribution in [0.15, 0.2) is 24.3 Å². The summed E-state index contributed by atoms with van der Waals surface area (Å²) < 4.78 is 51.8. The molecule has 0 spiro atoms. The minimum absolute atomic E-state index is 0.0112. The summed E-state index contributed by atoms with van der Waals surface area (Å²) in [4.78, 5) is 16.0. The van der Waals surface area contributed by atoms with E-state index < -0.39 is 22.5 Å². The highest BCUT2D eigenvalue weighted by Crippen LogP contribution is 2.19. The molecule has 0 aromatic heterocycles. The summed E-state index contributed by atoms with van der Waals surface area (Å²) in [6, 6.07) is 5.51. The van der Waals surface area contributed by atoms with Gasteiger partial charge in [-0.1, -0.05) is 12.1 Å². The van der Waals surface area contributed by atoms with Crippen LogP contribution in [0.2, 0.25) is 0 Å². The number of sulfone groups is 1. The zero-order valence-electron chi connectivity index (χ0n) is 15.1. The number of hydrogen-bond acceptors (Lipinski definition) is 5. The van der Waals surface area contributed by atoms with Gasteiger partial charge in [-0.15, -0.1) is 0 Å². The maximum absolute atomic E-state index is 12.6. The Morgan fingerprint density at radius 3 is 2.38 bits per heavy atom. The number of benzene rings is 1. The van der Waals surface area contributed by atoms with E-state index in [9.17, 15) is 22.0 Å². The van der Waals surface area contributed by atoms with Crippen LogP contribution < -0.4 is 4.74 Å². The first kappa shape index (κ1) is 20.6. The molecule has 6 nitrogen and oxygen atoms in total. The van der Waals surface area contributed by atoms with E-state index in [1.165, 1.54) is 17.0 Å². The lowest BCUT2D eigenvalue weighted by Gasteiger charge is -2.31. The van der Waals surface area contributed by atoms with Gasteiger partial charge in [0.15, 0.2) is 9.84 Å². The zero-order chi connectivity index (χ0) is 19.5. The molecule has 0 N–H and O–H groups in total. The van der Waals surface area contributed by atoms with Gasteiger partial charge in [0.05, 0.1) is 17.5 Å². The van der Waals surface area contributed by atoms with Crippen LogP contribution in [0.3, 0.4) is 0 Å². The fraction of sp³-hybridized carbons (Fsp3) is 0.588. The first-order valence-corrected chi connectivity index (χ1v) is 10.1. The van der Waals surface area contributed by atoms with E-state index in [0.29, 0.717) is 13.0 Å². The van der Waals surface area contributed by atoms with E-state index in [2.05, 4.69) is 4.74 Å². The summed E-state index contributed by atoms with van der Waals surface area (Å²) in [5.41, 5.74) is 0.847. The lowest BCUT2D eigenvalue weighted by Crippen LogP contribution is -2.48. The van der Waals surface area contributed by atoms with Crippen LogP contribution in [0.4, 0.5) is 8.78 Å². The summed E-state index contributed by atoms with van der Waals surface area (Å²) >= 11 is 0. The molecule has 2 atom stereocenters. The van der Waals surface area contributed by atoms with E-state index in [1.807, 2.05) is 4.90 Å². The predicted molar refractivity (Wildman–Crippen MR) is 93.8 cm³/mol. The van der Waals surface area contributed by atoms with E-state index >= 15 is 0 Å². The molecule has 1 amide bonds. The van der Waals surface area contributed by atoms with Gasteiger partial charge in [-0.25, -0.2) is 8.42 Å². The van der Waals surface area contributed by atoms with Crippen molar-refractivity contribution in [2.75, 3.05) is 25.6 Å². The molecular weight excluding hydrogens is 366 g/mol. The molecule has 0 unspecified atom stereocenters. The fourth-order valence-corrected chi connectivity index (χ4v) is 4.72. The van der Waals surface area contributed by atoms with Gasteiger partial charge in [-0.05, 0) is 38.1 Å². The molecule has 0 saturated carbocycles. The second kappa shape index (κ2) is 8.30. The number of amides is 1. The minimum atomic E-state index is -3.05. The SMILES string of the molecule is C[C@H](C(=O)N(C)[C@H]1CCS(=O)(=O)C1)N(C)Cc1ccc(OC(F)F)cc1. The lowest BCUT2D eigenvalue weighted by atomic mass is 10.1. The summed E-state index contributed by atoms with van der Waals surface area (Å²) in [7, 11) is 0.363. The highest BCUT2D eigenvalue weighted by Gasteiger charge is 2.34. The number of halogens is 2. The summed E-state index contributed by atoms with van der Waals surface area (Å²) in [6.07, 6.45) is 0.465. The van der Waals surface area contributed by atoms with Crippen molar-refractivity contribution in [3.8, 4) is 5.75 Å². The van der Waals surface area contributed by atoms with Crippen molar-refractivity contribution >= 4 is 15.7 Å². The smallest absolute Gasteiger partial charge is 0.387 e. The highest BCUT2D eigenvalue weighted by molar-refractivity contribution is 7.91.